The first kappa shape index (κ1) is 12.5. The molecule has 1 aromatic carbocycles. The summed E-state index contributed by atoms with van der Waals surface area (Å²) in [5.41, 5.74) is 1.48. The van der Waals surface area contributed by atoms with Gasteiger partial charge in [-0.05, 0) is 24.5 Å². The Kier molecular flexibility index (Phi) is 2.96. The number of aromatic nitrogens is 3. The standard InChI is InChI=1S/C15H17N5O/c21-15(19-6-5-11-7-16-8-14(11)19)12-3-1-2-4-13(12)20-10-17-9-18-20/h1-4,9-11,14,16H,5-8H2/t11-,14+/m1/s1. The third kappa shape index (κ3) is 2.03. The number of rotatable bonds is 2. The van der Waals surface area contributed by atoms with Gasteiger partial charge in [0.15, 0.2) is 0 Å². The molecule has 0 saturated carbocycles. The highest BCUT2D eigenvalue weighted by Gasteiger charge is 2.40. The average Bonchev–Trinajstić information content (AvgIpc) is 3.23. The third-order valence-electron chi connectivity index (χ3n) is 4.51. The largest absolute Gasteiger partial charge is 0.334 e. The van der Waals surface area contributed by atoms with Gasteiger partial charge >= 0.3 is 0 Å². The van der Waals surface area contributed by atoms with Crippen LogP contribution in [0.4, 0.5) is 0 Å². The second kappa shape index (κ2) is 4.96. The second-order valence-corrected chi connectivity index (χ2v) is 5.63. The minimum atomic E-state index is 0.0947. The molecule has 108 valence electrons. The quantitative estimate of drug-likeness (QED) is 0.881. The first-order valence-corrected chi connectivity index (χ1v) is 7.30. The lowest BCUT2D eigenvalue weighted by molar-refractivity contribution is 0.0737. The second-order valence-electron chi connectivity index (χ2n) is 5.63. The summed E-state index contributed by atoms with van der Waals surface area (Å²) in [6.45, 7) is 2.78. The molecule has 0 unspecified atom stereocenters. The summed E-state index contributed by atoms with van der Waals surface area (Å²) in [6, 6.07) is 7.92. The highest BCUT2D eigenvalue weighted by Crippen LogP contribution is 2.29. The van der Waals surface area contributed by atoms with Crippen LogP contribution in [-0.2, 0) is 0 Å². The molecular formula is C15H17N5O. The van der Waals surface area contributed by atoms with E-state index in [1.54, 1.807) is 11.0 Å². The fourth-order valence-electron chi connectivity index (χ4n) is 3.44. The fraction of sp³-hybridized carbons (Fsp3) is 0.400. The Morgan fingerprint density at radius 3 is 3.05 bits per heavy atom. The number of fused-ring (bicyclic) bond motifs is 1. The van der Waals surface area contributed by atoms with E-state index in [4.69, 9.17) is 0 Å². The summed E-state index contributed by atoms with van der Waals surface area (Å²) in [4.78, 5) is 18.9. The molecule has 0 radical (unpaired) electrons. The van der Waals surface area contributed by atoms with E-state index in [9.17, 15) is 4.79 Å². The molecule has 1 aromatic heterocycles. The van der Waals surface area contributed by atoms with Crippen molar-refractivity contribution in [3.05, 3.63) is 42.5 Å². The molecule has 0 bridgehead atoms. The van der Waals surface area contributed by atoms with Crippen molar-refractivity contribution in [2.75, 3.05) is 19.6 Å². The Balaban J connectivity index is 1.69. The Hall–Kier alpha value is -2.21. The van der Waals surface area contributed by atoms with Crippen molar-refractivity contribution in [1.29, 1.82) is 0 Å². The van der Waals surface area contributed by atoms with Gasteiger partial charge in [-0.3, -0.25) is 4.79 Å². The summed E-state index contributed by atoms with van der Waals surface area (Å²) in [5.74, 6) is 0.699. The zero-order valence-corrected chi connectivity index (χ0v) is 11.6. The maximum atomic E-state index is 12.9. The summed E-state index contributed by atoms with van der Waals surface area (Å²) in [5, 5.41) is 7.53. The fourth-order valence-corrected chi connectivity index (χ4v) is 3.44. The van der Waals surface area contributed by atoms with Crippen LogP contribution < -0.4 is 5.32 Å². The van der Waals surface area contributed by atoms with Crippen LogP contribution in [0.1, 0.15) is 16.8 Å². The molecular weight excluding hydrogens is 266 g/mol. The summed E-state index contributed by atoms with van der Waals surface area (Å²) >= 11 is 0. The SMILES string of the molecule is O=C(c1ccccc1-n1cncn1)N1CC[C@@H]2CNC[C@@H]21. The van der Waals surface area contributed by atoms with Crippen molar-refractivity contribution >= 4 is 5.91 Å². The number of carbonyl (C=O) groups is 1. The maximum Gasteiger partial charge on any atom is 0.256 e. The Morgan fingerprint density at radius 1 is 1.29 bits per heavy atom. The number of hydrogen-bond acceptors (Lipinski definition) is 4. The van der Waals surface area contributed by atoms with E-state index in [1.165, 1.54) is 6.33 Å². The van der Waals surface area contributed by atoms with Crippen LogP contribution in [-0.4, -0.2) is 51.2 Å². The lowest BCUT2D eigenvalue weighted by Gasteiger charge is -2.24. The Morgan fingerprint density at radius 2 is 2.19 bits per heavy atom. The number of nitrogens with zero attached hydrogens (tertiary/aromatic N) is 4. The van der Waals surface area contributed by atoms with Gasteiger partial charge in [0.05, 0.1) is 11.3 Å². The van der Waals surface area contributed by atoms with Gasteiger partial charge in [0.1, 0.15) is 12.7 Å². The van der Waals surface area contributed by atoms with Crippen molar-refractivity contribution in [1.82, 2.24) is 25.0 Å². The van der Waals surface area contributed by atoms with E-state index in [1.807, 2.05) is 29.2 Å². The highest BCUT2D eigenvalue weighted by molar-refractivity contribution is 5.98. The third-order valence-corrected chi connectivity index (χ3v) is 4.51. The molecule has 6 heteroatoms. The van der Waals surface area contributed by atoms with E-state index < -0.39 is 0 Å². The predicted molar refractivity (Wildman–Crippen MR) is 77.2 cm³/mol. The topological polar surface area (TPSA) is 63.1 Å². The molecule has 21 heavy (non-hydrogen) atoms. The molecule has 3 heterocycles. The van der Waals surface area contributed by atoms with Crippen LogP contribution in [0.5, 0.6) is 0 Å². The first-order valence-electron chi connectivity index (χ1n) is 7.30. The monoisotopic (exact) mass is 283 g/mol. The van der Waals surface area contributed by atoms with E-state index in [0.29, 0.717) is 17.5 Å². The van der Waals surface area contributed by atoms with Crippen LogP contribution >= 0.6 is 0 Å². The van der Waals surface area contributed by atoms with Gasteiger partial charge in [0.2, 0.25) is 0 Å². The molecule has 4 rings (SSSR count). The van der Waals surface area contributed by atoms with Crippen molar-refractivity contribution in [3.63, 3.8) is 0 Å². The van der Waals surface area contributed by atoms with Gasteiger partial charge in [-0.1, -0.05) is 12.1 Å². The van der Waals surface area contributed by atoms with Gasteiger partial charge in [-0.15, -0.1) is 0 Å². The average molecular weight is 283 g/mol. The lowest BCUT2D eigenvalue weighted by atomic mass is 10.0. The Labute approximate surface area is 122 Å². The van der Waals surface area contributed by atoms with Crippen LogP contribution in [0.15, 0.2) is 36.9 Å². The number of carbonyl (C=O) groups excluding carboxylic acids is 1. The summed E-state index contributed by atoms with van der Waals surface area (Å²) < 4.78 is 1.65. The number of benzene rings is 1. The number of likely N-dealkylation sites (tertiary alicyclic amines) is 1. The molecule has 6 nitrogen and oxygen atoms in total. The van der Waals surface area contributed by atoms with E-state index in [0.717, 1.165) is 31.7 Å². The molecule has 0 spiro atoms. The number of hydrogen-bond donors (Lipinski definition) is 1. The molecule has 1 N–H and O–H groups in total. The summed E-state index contributed by atoms with van der Waals surface area (Å²) in [7, 11) is 0. The van der Waals surface area contributed by atoms with Crippen molar-refractivity contribution in [2.45, 2.75) is 12.5 Å². The van der Waals surface area contributed by atoms with Crippen molar-refractivity contribution < 1.29 is 4.79 Å². The summed E-state index contributed by atoms with van der Waals surface area (Å²) in [6.07, 6.45) is 4.19. The minimum absolute atomic E-state index is 0.0947. The van der Waals surface area contributed by atoms with Crippen LogP contribution in [0.3, 0.4) is 0 Å². The van der Waals surface area contributed by atoms with E-state index in [-0.39, 0.29) is 5.91 Å². The maximum absolute atomic E-state index is 12.9. The number of amides is 1. The zero-order chi connectivity index (χ0) is 14.2. The van der Waals surface area contributed by atoms with E-state index in [2.05, 4.69) is 15.4 Å². The van der Waals surface area contributed by atoms with Gasteiger partial charge in [-0.2, -0.15) is 5.10 Å². The van der Waals surface area contributed by atoms with Crippen LogP contribution in [0.25, 0.3) is 5.69 Å². The van der Waals surface area contributed by atoms with Gasteiger partial charge in [-0.25, -0.2) is 9.67 Å². The molecule has 2 fully saturated rings. The molecule has 1 amide bonds. The molecule has 2 saturated heterocycles. The number of nitrogens with one attached hydrogen (secondary N) is 1. The molecule has 2 atom stereocenters. The molecule has 2 aliphatic heterocycles. The van der Waals surface area contributed by atoms with E-state index >= 15 is 0 Å². The van der Waals surface area contributed by atoms with Crippen molar-refractivity contribution in [2.24, 2.45) is 5.92 Å². The van der Waals surface area contributed by atoms with Crippen LogP contribution in [0.2, 0.25) is 0 Å². The van der Waals surface area contributed by atoms with Gasteiger partial charge < -0.3 is 10.2 Å². The van der Waals surface area contributed by atoms with Gasteiger partial charge in [0, 0.05) is 25.7 Å². The molecule has 0 aliphatic carbocycles. The normalized spacial score (nSPS) is 24.3. The zero-order valence-electron chi connectivity index (χ0n) is 11.6. The molecule has 2 aromatic rings. The highest BCUT2D eigenvalue weighted by atomic mass is 16.2. The Bertz CT molecular complexity index is 654. The van der Waals surface area contributed by atoms with Gasteiger partial charge in [0.25, 0.3) is 5.91 Å². The lowest BCUT2D eigenvalue weighted by Crippen LogP contribution is -2.39. The van der Waals surface area contributed by atoms with Crippen LogP contribution in [0, 0.1) is 5.92 Å². The smallest absolute Gasteiger partial charge is 0.256 e. The number of para-hydroxylation sites is 1. The predicted octanol–water partition coefficient (Wildman–Crippen LogP) is 0.701. The molecule has 2 aliphatic rings. The minimum Gasteiger partial charge on any atom is -0.334 e. The first-order chi connectivity index (χ1) is 10.3. The van der Waals surface area contributed by atoms with Crippen molar-refractivity contribution in [3.8, 4) is 5.69 Å².